The molecule has 5 heteroatoms. The van der Waals surface area contributed by atoms with Gasteiger partial charge in [0.2, 0.25) is 0 Å². The highest BCUT2D eigenvalue weighted by Crippen LogP contribution is 2.28. The molecular formula is C16H19N3OS. The largest absolute Gasteiger partial charge is 0.461 e. The van der Waals surface area contributed by atoms with Crippen LogP contribution in [-0.2, 0) is 19.5 Å². The number of aromatic nitrogens is 1. The third-order valence-electron chi connectivity index (χ3n) is 3.53. The van der Waals surface area contributed by atoms with Crippen LogP contribution in [0.2, 0.25) is 0 Å². The van der Waals surface area contributed by atoms with Crippen molar-refractivity contribution < 1.29 is 4.42 Å². The van der Waals surface area contributed by atoms with Crippen molar-refractivity contribution >= 4 is 27.4 Å². The third kappa shape index (κ3) is 2.94. The number of rotatable bonds is 5. The van der Waals surface area contributed by atoms with E-state index >= 15 is 0 Å². The number of nitrogen functional groups attached to an aromatic ring is 1. The third-order valence-corrected chi connectivity index (χ3v) is 4.34. The van der Waals surface area contributed by atoms with Gasteiger partial charge >= 0.3 is 0 Å². The Balaban J connectivity index is 1.83. The van der Waals surface area contributed by atoms with Crippen LogP contribution in [0.1, 0.15) is 23.1 Å². The van der Waals surface area contributed by atoms with Crippen LogP contribution >= 0.6 is 11.3 Å². The summed E-state index contributed by atoms with van der Waals surface area (Å²) in [6.07, 6.45) is 2.76. The first-order chi connectivity index (χ1) is 10.2. The van der Waals surface area contributed by atoms with Crippen molar-refractivity contribution in [3.8, 4) is 0 Å². The van der Waals surface area contributed by atoms with Crippen LogP contribution in [0.4, 0.5) is 5.13 Å². The summed E-state index contributed by atoms with van der Waals surface area (Å²) in [7, 11) is 2.11. The van der Waals surface area contributed by atoms with E-state index in [0.29, 0.717) is 5.13 Å². The zero-order valence-electron chi connectivity index (χ0n) is 12.3. The molecule has 21 heavy (non-hydrogen) atoms. The highest BCUT2D eigenvalue weighted by atomic mass is 32.1. The van der Waals surface area contributed by atoms with Crippen molar-refractivity contribution in [1.82, 2.24) is 9.88 Å². The number of furan rings is 1. The number of anilines is 1. The second kappa shape index (κ2) is 5.87. The summed E-state index contributed by atoms with van der Waals surface area (Å²) >= 11 is 1.54. The monoisotopic (exact) mass is 301 g/mol. The standard InChI is InChI=1S/C16H19N3OS/c1-3-14-13(12-6-4-5-7-15(12)20-14)10-19(2)9-11-8-18-16(17)21-11/h4-8H,3,9-10H2,1-2H3,(H2,17,18). The molecule has 0 fully saturated rings. The Bertz CT molecular complexity index is 747. The SMILES string of the molecule is CCc1oc2ccccc2c1CN(C)Cc1cnc(N)s1. The topological polar surface area (TPSA) is 55.3 Å². The Morgan fingerprint density at radius 1 is 1.29 bits per heavy atom. The fourth-order valence-corrected chi connectivity index (χ4v) is 3.36. The molecule has 1 aromatic carbocycles. The summed E-state index contributed by atoms with van der Waals surface area (Å²) in [5, 5.41) is 1.84. The Labute approximate surface area is 128 Å². The van der Waals surface area contributed by atoms with Gasteiger partial charge in [0.15, 0.2) is 5.13 Å². The van der Waals surface area contributed by atoms with Crippen LogP contribution in [0.15, 0.2) is 34.9 Å². The molecule has 0 amide bonds. The minimum atomic E-state index is 0.626. The van der Waals surface area contributed by atoms with E-state index in [1.165, 1.54) is 15.8 Å². The zero-order valence-corrected chi connectivity index (χ0v) is 13.1. The molecule has 0 aliphatic carbocycles. The summed E-state index contributed by atoms with van der Waals surface area (Å²) in [5.41, 5.74) is 7.94. The van der Waals surface area contributed by atoms with Crippen molar-refractivity contribution in [3.63, 3.8) is 0 Å². The van der Waals surface area contributed by atoms with Gasteiger partial charge in [-0.1, -0.05) is 25.1 Å². The van der Waals surface area contributed by atoms with Crippen LogP contribution in [0.3, 0.4) is 0 Å². The lowest BCUT2D eigenvalue weighted by Gasteiger charge is -2.15. The fourth-order valence-electron chi connectivity index (χ4n) is 2.60. The van der Waals surface area contributed by atoms with Gasteiger partial charge in [-0.2, -0.15) is 0 Å². The summed E-state index contributed by atoms with van der Waals surface area (Å²) in [5.74, 6) is 1.08. The summed E-state index contributed by atoms with van der Waals surface area (Å²) in [6, 6.07) is 8.23. The van der Waals surface area contributed by atoms with Gasteiger partial charge in [-0.25, -0.2) is 4.98 Å². The minimum absolute atomic E-state index is 0.626. The number of fused-ring (bicyclic) bond motifs is 1. The molecule has 0 saturated heterocycles. The number of nitrogens with two attached hydrogens (primary N) is 1. The van der Waals surface area contributed by atoms with Gasteiger partial charge < -0.3 is 10.2 Å². The summed E-state index contributed by atoms with van der Waals surface area (Å²) in [4.78, 5) is 7.55. The van der Waals surface area contributed by atoms with E-state index in [4.69, 9.17) is 10.2 Å². The van der Waals surface area contributed by atoms with Crippen molar-refractivity contribution in [2.45, 2.75) is 26.4 Å². The normalized spacial score (nSPS) is 11.6. The van der Waals surface area contributed by atoms with Gasteiger partial charge in [0.1, 0.15) is 11.3 Å². The lowest BCUT2D eigenvalue weighted by atomic mass is 10.1. The number of para-hydroxylation sites is 1. The molecule has 0 spiro atoms. The number of thiazole rings is 1. The number of nitrogens with zero attached hydrogens (tertiary/aromatic N) is 2. The van der Waals surface area contributed by atoms with Crippen LogP contribution in [0, 0.1) is 0 Å². The Hall–Kier alpha value is -1.85. The Morgan fingerprint density at radius 2 is 2.10 bits per heavy atom. The van der Waals surface area contributed by atoms with Gasteiger partial charge in [-0.15, -0.1) is 11.3 Å². The summed E-state index contributed by atoms with van der Waals surface area (Å²) < 4.78 is 5.95. The first kappa shape index (κ1) is 14.1. The molecule has 0 bridgehead atoms. The molecule has 0 aliphatic rings. The molecule has 3 rings (SSSR count). The molecule has 110 valence electrons. The quantitative estimate of drug-likeness (QED) is 0.781. The van der Waals surface area contributed by atoms with Crippen molar-refractivity contribution in [3.05, 3.63) is 46.7 Å². The van der Waals surface area contributed by atoms with E-state index in [-0.39, 0.29) is 0 Å². The summed E-state index contributed by atoms with van der Waals surface area (Å²) in [6.45, 7) is 3.83. The van der Waals surface area contributed by atoms with Crippen molar-refractivity contribution in [2.75, 3.05) is 12.8 Å². The van der Waals surface area contributed by atoms with Gasteiger partial charge in [0, 0.05) is 41.5 Å². The zero-order chi connectivity index (χ0) is 14.8. The Morgan fingerprint density at radius 3 is 2.81 bits per heavy atom. The maximum absolute atomic E-state index is 5.95. The first-order valence-corrected chi connectivity index (χ1v) is 7.87. The van der Waals surface area contributed by atoms with E-state index in [1.807, 2.05) is 18.3 Å². The smallest absolute Gasteiger partial charge is 0.180 e. The average Bonchev–Trinajstić information content (AvgIpc) is 3.03. The van der Waals surface area contributed by atoms with Crippen LogP contribution in [-0.4, -0.2) is 16.9 Å². The lowest BCUT2D eigenvalue weighted by molar-refractivity contribution is 0.319. The second-order valence-electron chi connectivity index (χ2n) is 5.19. The van der Waals surface area contributed by atoms with Crippen LogP contribution in [0.5, 0.6) is 0 Å². The number of hydrogen-bond acceptors (Lipinski definition) is 5. The molecular weight excluding hydrogens is 282 g/mol. The van der Waals surface area contributed by atoms with E-state index in [9.17, 15) is 0 Å². The molecule has 2 aromatic heterocycles. The van der Waals surface area contributed by atoms with Crippen LogP contribution < -0.4 is 5.73 Å². The lowest BCUT2D eigenvalue weighted by Crippen LogP contribution is -2.17. The van der Waals surface area contributed by atoms with E-state index < -0.39 is 0 Å². The number of hydrogen-bond donors (Lipinski definition) is 1. The van der Waals surface area contributed by atoms with Crippen LogP contribution in [0.25, 0.3) is 11.0 Å². The molecule has 2 heterocycles. The molecule has 0 unspecified atom stereocenters. The van der Waals surface area contributed by atoms with Gasteiger partial charge in [-0.05, 0) is 13.1 Å². The van der Waals surface area contributed by atoms with E-state index in [1.54, 1.807) is 11.3 Å². The molecule has 0 atom stereocenters. The highest BCUT2D eigenvalue weighted by molar-refractivity contribution is 7.15. The van der Waals surface area contributed by atoms with Gasteiger partial charge in [-0.3, -0.25) is 4.90 Å². The molecule has 4 nitrogen and oxygen atoms in total. The minimum Gasteiger partial charge on any atom is -0.461 e. The highest BCUT2D eigenvalue weighted by Gasteiger charge is 2.14. The molecule has 0 radical (unpaired) electrons. The predicted octanol–water partition coefficient (Wildman–Crippen LogP) is 3.67. The number of benzene rings is 1. The molecule has 0 aliphatic heterocycles. The maximum Gasteiger partial charge on any atom is 0.180 e. The van der Waals surface area contributed by atoms with Gasteiger partial charge in [0.05, 0.1) is 0 Å². The fraction of sp³-hybridized carbons (Fsp3) is 0.312. The van der Waals surface area contributed by atoms with Crippen molar-refractivity contribution in [2.24, 2.45) is 0 Å². The second-order valence-corrected chi connectivity index (χ2v) is 6.34. The first-order valence-electron chi connectivity index (χ1n) is 7.05. The van der Waals surface area contributed by atoms with E-state index in [2.05, 4.69) is 36.0 Å². The maximum atomic E-state index is 5.95. The predicted molar refractivity (Wildman–Crippen MR) is 87.3 cm³/mol. The van der Waals surface area contributed by atoms with Gasteiger partial charge in [0.25, 0.3) is 0 Å². The molecule has 0 saturated carbocycles. The number of aryl methyl sites for hydroxylation is 1. The molecule has 3 aromatic rings. The Kier molecular flexibility index (Phi) is 3.94. The molecule has 2 N–H and O–H groups in total. The van der Waals surface area contributed by atoms with E-state index in [0.717, 1.165) is 30.9 Å². The van der Waals surface area contributed by atoms with Crippen molar-refractivity contribution in [1.29, 1.82) is 0 Å². The average molecular weight is 301 g/mol.